The Morgan fingerprint density at radius 3 is 3.00 bits per heavy atom. The number of rotatable bonds is 5. The minimum atomic E-state index is -0.417. The summed E-state index contributed by atoms with van der Waals surface area (Å²) in [6.45, 7) is 2.70. The van der Waals surface area contributed by atoms with Crippen molar-refractivity contribution in [1.82, 2.24) is 4.98 Å². The van der Waals surface area contributed by atoms with Crippen molar-refractivity contribution in [2.75, 3.05) is 6.61 Å². The van der Waals surface area contributed by atoms with Gasteiger partial charge in [0.15, 0.2) is 0 Å². The van der Waals surface area contributed by atoms with Crippen LogP contribution >= 0.6 is 0 Å². The van der Waals surface area contributed by atoms with Crippen molar-refractivity contribution >= 4 is 10.9 Å². The summed E-state index contributed by atoms with van der Waals surface area (Å²) in [4.78, 5) is 4.37. The molecule has 1 aromatic heterocycles. The number of aliphatic hydroxyl groups is 1. The van der Waals surface area contributed by atoms with Crippen LogP contribution in [0.25, 0.3) is 10.9 Å². The van der Waals surface area contributed by atoms with Gasteiger partial charge in [0.05, 0.1) is 17.8 Å². The van der Waals surface area contributed by atoms with Crippen LogP contribution in [0.3, 0.4) is 0 Å². The Morgan fingerprint density at radius 2 is 2.20 bits per heavy atom. The van der Waals surface area contributed by atoms with Crippen LogP contribution in [0.1, 0.15) is 19.8 Å². The summed E-state index contributed by atoms with van der Waals surface area (Å²) < 4.78 is 11.5. The molecule has 20 heavy (non-hydrogen) atoms. The van der Waals surface area contributed by atoms with Crippen molar-refractivity contribution in [2.24, 2.45) is 0 Å². The summed E-state index contributed by atoms with van der Waals surface area (Å²) in [5, 5.41) is 10.8. The Bertz CT molecular complexity index is 587. The molecule has 1 fully saturated rings. The fourth-order valence-corrected chi connectivity index (χ4v) is 2.44. The lowest BCUT2D eigenvalue weighted by Crippen LogP contribution is -2.55. The molecule has 0 spiro atoms. The standard InChI is InChI=1S/C16H19NO3/c1-2-7-19-16-14(18)9-15(16)20-12-8-11-5-3-4-6-13(11)17-10-12/h3-6,8,10,14-16,18H,2,7,9H2,1H3. The van der Waals surface area contributed by atoms with Crippen molar-refractivity contribution in [3.05, 3.63) is 36.5 Å². The Labute approximate surface area is 118 Å². The van der Waals surface area contributed by atoms with E-state index in [0.717, 1.165) is 23.1 Å². The summed E-state index contributed by atoms with van der Waals surface area (Å²) in [5.74, 6) is 0.727. The first-order valence-corrected chi connectivity index (χ1v) is 7.09. The molecule has 0 saturated heterocycles. The van der Waals surface area contributed by atoms with E-state index in [2.05, 4.69) is 4.98 Å². The van der Waals surface area contributed by atoms with Crippen LogP contribution in [-0.2, 0) is 4.74 Å². The van der Waals surface area contributed by atoms with Crippen LogP contribution in [0.15, 0.2) is 36.5 Å². The molecule has 3 atom stereocenters. The lowest BCUT2D eigenvalue weighted by molar-refractivity contribution is -0.162. The van der Waals surface area contributed by atoms with E-state index in [4.69, 9.17) is 9.47 Å². The predicted molar refractivity (Wildman–Crippen MR) is 76.8 cm³/mol. The van der Waals surface area contributed by atoms with Crippen molar-refractivity contribution < 1.29 is 14.6 Å². The van der Waals surface area contributed by atoms with Crippen LogP contribution in [0.5, 0.6) is 5.75 Å². The second kappa shape index (κ2) is 5.77. The SMILES string of the molecule is CCCOC1C(O)CC1Oc1cnc2ccccc2c1. The smallest absolute Gasteiger partial charge is 0.138 e. The molecule has 0 bridgehead atoms. The highest BCUT2D eigenvalue weighted by Gasteiger charge is 2.42. The number of aliphatic hydroxyl groups excluding tert-OH is 1. The molecule has 1 aliphatic rings. The van der Waals surface area contributed by atoms with Crippen molar-refractivity contribution in [1.29, 1.82) is 0 Å². The number of benzene rings is 1. The second-order valence-electron chi connectivity index (χ2n) is 5.16. The molecule has 1 heterocycles. The lowest BCUT2D eigenvalue weighted by Gasteiger charge is -2.40. The van der Waals surface area contributed by atoms with E-state index < -0.39 is 6.10 Å². The van der Waals surface area contributed by atoms with Gasteiger partial charge < -0.3 is 14.6 Å². The fourth-order valence-electron chi connectivity index (χ4n) is 2.44. The zero-order valence-electron chi connectivity index (χ0n) is 11.5. The Morgan fingerprint density at radius 1 is 1.35 bits per heavy atom. The molecule has 0 radical (unpaired) electrons. The number of hydrogen-bond acceptors (Lipinski definition) is 4. The van der Waals surface area contributed by atoms with Gasteiger partial charge in [-0.3, -0.25) is 4.98 Å². The van der Waals surface area contributed by atoms with E-state index in [1.54, 1.807) is 6.20 Å². The quantitative estimate of drug-likeness (QED) is 0.909. The molecule has 0 aliphatic heterocycles. The molecule has 3 unspecified atom stereocenters. The molecule has 4 nitrogen and oxygen atoms in total. The number of para-hydroxylation sites is 1. The monoisotopic (exact) mass is 273 g/mol. The minimum absolute atomic E-state index is 0.0838. The van der Waals surface area contributed by atoms with Crippen LogP contribution in [0, 0.1) is 0 Å². The number of hydrogen-bond donors (Lipinski definition) is 1. The molecular weight excluding hydrogens is 254 g/mol. The zero-order valence-corrected chi connectivity index (χ0v) is 11.5. The van der Waals surface area contributed by atoms with Gasteiger partial charge in [0.25, 0.3) is 0 Å². The van der Waals surface area contributed by atoms with Gasteiger partial charge in [-0.1, -0.05) is 25.1 Å². The zero-order chi connectivity index (χ0) is 13.9. The van der Waals surface area contributed by atoms with Gasteiger partial charge in [-0.05, 0) is 18.6 Å². The lowest BCUT2D eigenvalue weighted by atomic mass is 9.88. The van der Waals surface area contributed by atoms with Crippen LogP contribution in [0.4, 0.5) is 0 Å². The summed E-state index contributed by atoms with van der Waals surface area (Å²) in [5.41, 5.74) is 0.951. The molecule has 106 valence electrons. The molecule has 1 aliphatic carbocycles. The average Bonchev–Trinajstić information content (AvgIpc) is 2.47. The minimum Gasteiger partial charge on any atom is -0.486 e. The highest BCUT2D eigenvalue weighted by atomic mass is 16.6. The average molecular weight is 273 g/mol. The van der Waals surface area contributed by atoms with E-state index in [0.29, 0.717) is 13.0 Å². The number of pyridine rings is 1. The molecule has 1 saturated carbocycles. The maximum atomic E-state index is 9.73. The second-order valence-corrected chi connectivity index (χ2v) is 5.16. The fraction of sp³-hybridized carbons (Fsp3) is 0.438. The van der Waals surface area contributed by atoms with Crippen molar-refractivity contribution in [2.45, 2.75) is 38.1 Å². The van der Waals surface area contributed by atoms with Crippen LogP contribution in [0.2, 0.25) is 0 Å². The van der Waals surface area contributed by atoms with Gasteiger partial charge in [0, 0.05) is 18.4 Å². The first-order chi connectivity index (χ1) is 9.78. The summed E-state index contributed by atoms with van der Waals surface area (Å²) >= 11 is 0. The van der Waals surface area contributed by atoms with E-state index in [-0.39, 0.29) is 12.2 Å². The van der Waals surface area contributed by atoms with E-state index in [9.17, 15) is 5.11 Å². The highest BCUT2D eigenvalue weighted by Crippen LogP contribution is 2.30. The van der Waals surface area contributed by atoms with E-state index in [1.165, 1.54) is 0 Å². The molecular formula is C16H19NO3. The number of nitrogens with zero attached hydrogens (tertiary/aromatic N) is 1. The van der Waals surface area contributed by atoms with Gasteiger partial charge in [-0.25, -0.2) is 0 Å². The largest absolute Gasteiger partial charge is 0.486 e. The molecule has 1 aromatic carbocycles. The number of aromatic nitrogens is 1. The van der Waals surface area contributed by atoms with Gasteiger partial charge in [-0.15, -0.1) is 0 Å². The normalized spacial score (nSPS) is 25.4. The molecule has 4 heteroatoms. The third-order valence-electron chi connectivity index (χ3n) is 3.59. The number of ether oxygens (including phenoxy) is 2. The van der Waals surface area contributed by atoms with Crippen molar-refractivity contribution in [3.8, 4) is 5.75 Å². The van der Waals surface area contributed by atoms with Gasteiger partial charge >= 0.3 is 0 Å². The third kappa shape index (κ3) is 2.62. The Hall–Kier alpha value is -1.65. The first-order valence-electron chi connectivity index (χ1n) is 7.09. The highest BCUT2D eigenvalue weighted by molar-refractivity contribution is 5.79. The van der Waals surface area contributed by atoms with Gasteiger partial charge in [-0.2, -0.15) is 0 Å². The van der Waals surface area contributed by atoms with Gasteiger partial charge in [0.1, 0.15) is 18.0 Å². The van der Waals surface area contributed by atoms with E-state index in [1.807, 2.05) is 37.3 Å². The maximum Gasteiger partial charge on any atom is 0.138 e. The van der Waals surface area contributed by atoms with E-state index >= 15 is 0 Å². The maximum absolute atomic E-state index is 9.73. The van der Waals surface area contributed by atoms with Gasteiger partial charge in [0.2, 0.25) is 0 Å². The number of fused-ring (bicyclic) bond motifs is 1. The summed E-state index contributed by atoms with van der Waals surface area (Å²) in [6.07, 6.45) is 2.55. The molecule has 0 amide bonds. The third-order valence-corrected chi connectivity index (χ3v) is 3.59. The van der Waals surface area contributed by atoms with Crippen molar-refractivity contribution in [3.63, 3.8) is 0 Å². The predicted octanol–water partition coefficient (Wildman–Crippen LogP) is 2.54. The Balaban J connectivity index is 1.69. The summed E-state index contributed by atoms with van der Waals surface area (Å²) in [6, 6.07) is 9.90. The molecule has 2 aromatic rings. The summed E-state index contributed by atoms with van der Waals surface area (Å²) in [7, 11) is 0. The Kier molecular flexibility index (Phi) is 3.85. The first kappa shape index (κ1) is 13.3. The van der Waals surface area contributed by atoms with Crippen LogP contribution in [-0.4, -0.2) is 35.0 Å². The topological polar surface area (TPSA) is 51.6 Å². The molecule has 3 rings (SSSR count). The van der Waals surface area contributed by atoms with Crippen LogP contribution < -0.4 is 4.74 Å². The molecule has 1 N–H and O–H groups in total.